The van der Waals surface area contributed by atoms with E-state index in [2.05, 4.69) is 27.2 Å². The summed E-state index contributed by atoms with van der Waals surface area (Å²) in [7, 11) is 0. The molecule has 0 N–H and O–H groups in total. The van der Waals surface area contributed by atoms with Crippen molar-refractivity contribution in [2.24, 2.45) is 11.3 Å². The highest BCUT2D eigenvalue weighted by molar-refractivity contribution is 4.87. The lowest BCUT2D eigenvalue weighted by molar-refractivity contribution is 0.251. The minimum atomic E-state index is 0.604. The molecule has 1 saturated carbocycles. The molecule has 0 bridgehead atoms. The van der Waals surface area contributed by atoms with Crippen LogP contribution in [0.1, 0.15) is 40.0 Å². The van der Waals surface area contributed by atoms with Gasteiger partial charge in [0.1, 0.15) is 0 Å². The molecule has 1 aliphatic rings. The molecule has 0 heterocycles. The van der Waals surface area contributed by atoms with Gasteiger partial charge in [0.15, 0.2) is 0 Å². The Labute approximate surface area is 58.7 Å². The fourth-order valence-corrected chi connectivity index (χ4v) is 1.36. The van der Waals surface area contributed by atoms with E-state index in [-0.39, 0.29) is 0 Å². The second kappa shape index (κ2) is 2.32. The summed E-state index contributed by atoms with van der Waals surface area (Å²) >= 11 is 0. The van der Waals surface area contributed by atoms with Gasteiger partial charge in [-0.3, -0.25) is 0 Å². The molecule has 1 unspecified atom stereocenters. The van der Waals surface area contributed by atoms with E-state index in [9.17, 15) is 0 Å². The van der Waals surface area contributed by atoms with Crippen molar-refractivity contribution in [3.63, 3.8) is 0 Å². The van der Waals surface area contributed by atoms with E-state index >= 15 is 0 Å². The van der Waals surface area contributed by atoms with Crippen LogP contribution in [-0.4, -0.2) is 0 Å². The summed E-state index contributed by atoms with van der Waals surface area (Å²) in [5.74, 6) is 0.873. The Kier molecular flexibility index (Phi) is 1.83. The van der Waals surface area contributed by atoms with Crippen LogP contribution in [0.25, 0.3) is 0 Å². The highest BCUT2D eigenvalue weighted by Crippen LogP contribution is 2.36. The largest absolute Gasteiger partial charge is 0.0622 e. The normalized spacial score (nSPS) is 28.3. The standard InChI is InChI=1S/C9H17/c1-8-4-6-9(2,3)7-5-8/h4,8H,5-7H2,1-3H3. The summed E-state index contributed by atoms with van der Waals surface area (Å²) in [5.41, 5.74) is 0.604. The molecule has 0 aromatic heterocycles. The lowest BCUT2D eigenvalue weighted by Gasteiger charge is -2.32. The third kappa shape index (κ3) is 2.00. The highest BCUT2D eigenvalue weighted by atomic mass is 14.3. The van der Waals surface area contributed by atoms with E-state index in [4.69, 9.17) is 0 Å². The van der Waals surface area contributed by atoms with Gasteiger partial charge in [0.05, 0.1) is 0 Å². The topological polar surface area (TPSA) is 0 Å². The first-order valence-electron chi connectivity index (χ1n) is 3.93. The predicted molar refractivity (Wildman–Crippen MR) is 41.1 cm³/mol. The monoisotopic (exact) mass is 125 g/mol. The van der Waals surface area contributed by atoms with Crippen LogP contribution < -0.4 is 0 Å². The van der Waals surface area contributed by atoms with Gasteiger partial charge in [-0.05, 0) is 37.0 Å². The van der Waals surface area contributed by atoms with Crippen molar-refractivity contribution in [2.75, 3.05) is 0 Å². The summed E-state index contributed by atoms with van der Waals surface area (Å²) in [5, 5.41) is 0. The van der Waals surface area contributed by atoms with Gasteiger partial charge in [0.2, 0.25) is 0 Å². The van der Waals surface area contributed by atoms with Crippen LogP contribution in [0, 0.1) is 17.8 Å². The summed E-state index contributed by atoms with van der Waals surface area (Å²) in [6, 6.07) is 0. The third-order valence-corrected chi connectivity index (χ3v) is 2.35. The lowest BCUT2D eigenvalue weighted by Crippen LogP contribution is -2.19. The van der Waals surface area contributed by atoms with Gasteiger partial charge in [0, 0.05) is 0 Å². The summed E-state index contributed by atoms with van der Waals surface area (Å²) in [6.45, 7) is 7.03. The molecule has 9 heavy (non-hydrogen) atoms. The highest BCUT2D eigenvalue weighted by Gasteiger charge is 2.24. The van der Waals surface area contributed by atoms with Crippen LogP contribution in [0.5, 0.6) is 0 Å². The molecule has 0 aromatic rings. The maximum atomic E-state index is 2.46. The SMILES string of the molecule is CC1[CH]CC(C)(C)CC1. The molecule has 0 aromatic carbocycles. The van der Waals surface area contributed by atoms with Crippen molar-refractivity contribution < 1.29 is 0 Å². The first-order valence-corrected chi connectivity index (χ1v) is 3.93. The van der Waals surface area contributed by atoms with Crippen LogP contribution in [0.3, 0.4) is 0 Å². The summed E-state index contributed by atoms with van der Waals surface area (Å²) < 4.78 is 0. The maximum absolute atomic E-state index is 2.46. The van der Waals surface area contributed by atoms with Gasteiger partial charge in [-0.15, -0.1) is 0 Å². The second-order valence-electron chi connectivity index (χ2n) is 4.12. The van der Waals surface area contributed by atoms with Crippen molar-refractivity contribution in [3.8, 4) is 0 Å². The first-order chi connectivity index (χ1) is 4.10. The van der Waals surface area contributed by atoms with Gasteiger partial charge < -0.3 is 0 Å². The molecule has 53 valence electrons. The van der Waals surface area contributed by atoms with Crippen molar-refractivity contribution >= 4 is 0 Å². The molecule has 1 radical (unpaired) electrons. The minimum absolute atomic E-state index is 0.604. The molecule has 0 heteroatoms. The van der Waals surface area contributed by atoms with E-state index in [1.807, 2.05) is 0 Å². The zero-order chi connectivity index (χ0) is 6.91. The van der Waals surface area contributed by atoms with Crippen molar-refractivity contribution in [1.82, 2.24) is 0 Å². The van der Waals surface area contributed by atoms with Gasteiger partial charge >= 0.3 is 0 Å². The zero-order valence-electron chi connectivity index (χ0n) is 6.78. The van der Waals surface area contributed by atoms with E-state index in [0.29, 0.717) is 5.41 Å². The Morgan fingerprint density at radius 3 is 2.44 bits per heavy atom. The third-order valence-electron chi connectivity index (χ3n) is 2.35. The number of rotatable bonds is 0. The molecular formula is C9H17. The molecule has 0 nitrogen and oxygen atoms in total. The predicted octanol–water partition coefficient (Wildman–Crippen LogP) is 3.04. The quantitative estimate of drug-likeness (QED) is 0.467. The van der Waals surface area contributed by atoms with Crippen LogP contribution in [-0.2, 0) is 0 Å². The van der Waals surface area contributed by atoms with Crippen LogP contribution in [0.15, 0.2) is 0 Å². The van der Waals surface area contributed by atoms with Gasteiger partial charge in [-0.25, -0.2) is 0 Å². The molecule has 0 aliphatic heterocycles. The molecule has 0 spiro atoms. The van der Waals surface area contributed by atoms with Crippen molar-refractivity contribution in [3.05, 3.63) is 6.42 Å². The first kappa shape index (κ1) is 7.11. The van der Waals surface area contributed by atoms with Gasteiger partial charge in [-0.1, -0.05) is 20.8 Å². The Bertz CT molecular complexity index is 82.2. The van der Waals surface area contributed by atoms with E-state index < -0.39 is 0 Å². The average Bonchev–Trinajstić information content (AvgIpc) is 1.78. The number of hydrogen-bond acceptors (Lipinski definition) is 0. The van der Waals surface area contributed by atoms with E-state index in [1.165, 1.54) is 19.3 Å². The fourth-order valence-electron chi connectivity index (χ4n) is 1.36. The molecule has 0 saturated heterocycles. The van der Waals surface area contributed by atoms with Crippen LogP contribution >= 0.6 is 0 Å². The summed E-state index contributed by atoms with van der Waals surface area (Å²) in [6.07, 6.45) is 6.58. The van der Waals surface area contributed by atoms with Gasteiger partial charge in [0.25, 0.3) is 0 Å². The zero-order valence-corrected chi connectivity index (χ0v) is 6.78. The smallest absolute Gasteiger partial charge is 0.0351 e. The van der Waals surface area contributed by atoms with Crippen LogP contribution in [0.2, 0.25) is 0 Å². The lowest BCUT2D eigenvalue weighted by atomic mass is 9.74. The molecular weight excluding hydrogens is 108 g/mol. The Morgan fingerprint density at radius 1 is 1.44 bits per heavy atom. The van der Waals surface area contributed by atoms with E-state index in [1.54, 1.807) is 0 Å². The fraction of sp³-hybridized carbons (Fsp3) is 0.889. The van der Waals surface area contributed by atoms with Crippen molar-refractivity contribution in [1.29, 1.82) is 0 Å². The van der Waals surface area contributed by atoms with Gasteiger partial charge in [-0.2, -0.15) is 0 Å². The molecule has 1 atom stereocenters. The minimum Gasteiger partial charge on any atom is -0.0622 e. The number of hydrogen-bond donors (Lipinski definition) is 0. The maximum Gasteiger partial charge on any atom is -0.0351 e. The molecule has 1 aliphatic carbocycles. The molecule has 1 rings (SSSR count). The van der Waals surface area contributed by atoms with E-state index in [0.717, 1.165) is 5.92 Å². The molecule has 0 amide bonds. The summed E-state index contributed by atoms with van der Waals surface area (Å²) in [4.78, 5) is 0. The van der Waals surface area contributed by atoms with Crippen LogP contribution in [0.4, 0.5) is 0 Å². The average molecular weight is 125 g/mol. The Balaban J connectivity index is 2.35. The second-order valence-corrected chi connectivity index (χ2v) is 4.12. The Morgan fingerprint density at radius 2 is 2.11 bits per heavy atom. The molecule has 1 fully saturated rings. The Hall–Kier alpha value is 0. The van der Waals surface area contributed by atoms with Crippen molar-refractivity contribution in [2.45, 2.75) is 40.0 Å².